The van der Waals surface area contributed by atoms with Gasteiger partial charge in [0.05, 0.1) is 19.1 Å². The molecule has 0 spiro atoms. The molecule has 0 aromatic carbocycles. The van der Waals surface area contributed by atoms with Crippen molar-refractivity contribution in [3.05, 3.63) is 10.7 Å². The Morgan fingerprint density at radius 3 is 1.60 bits per heavy atom. The molecule has 0 aromatic rings. The molecule has 0 bridgehead atoms. The van der Waals surface area contributed by atoms with Gasteiger partial charge in [-0.2, -0.15) is 13.6 Å². The summed E-state index contributed by atoms with van der Waals surface area (Å²) in [6.45, 7) is 4.05. The molecule has 1 rings (SSSR count). The molecule has 12 heteroatoms. The first-order chi connectivity index (χ1) is 8.44. The Bertz CT molecular complexity index is 380. The van der Waals surface area contributed by atoms with Crippen molar-refractivity contribution in [2.24, 2.45) is 0 Å². The third-order valence-electron chi connectivity index (χ3n) is 1.95. The molecule has 0 atom stereocenters. The molecular weight excluding hydrogens is 542 g/mol. The third-order valence-corrected chi connectivity index (χ3v) is 5.48. The normalized spacial score (nSPS) is 24.1. The van der Waals surface area contributed by atoms with Crippen molar-refractivity contribution >= 4 is 81.8 Å². The number of hydrogen-bond donors (Lipinski definition) is 0. The van der Waals surface area contributed by atoms with Gasteiger partial charge in [0.25, 0.3) is 0 Å². The van der Waals surface area contributed by atoms with Gasteiger partial charge >= 0.3 is 70.1 Å². The summed E-state index contributed by atoms with van der Waals surface area (Å²) in [5, 5.41) is 0. The summed E-state index contributed by atoms with van der Waals surface area (Å²) in [6.07, 6.45) is 2.03. The van der Waals surface area contributed by atoms with Gasteiger partial charge in [-0.3, -0.25) is 0 Å². The first kappa shape index (κ1) is 23.0. The van der Waals surface area contributed by atoms with E-state index in [-0.39, 0.29) is 5.60 Å². The van der Waals surface area contributed by atoms with Gasteiger partial charge in [-0.1, -0.05) is 0 Å². The molecule has 1 aliphatic heterocycles. The van der Waals surface area contributed by atoms with Gasteiger partial charge < -0.3 is 0 Å². The van der Waals surface area contributed by atoms with E-state index in [0.29, 0.717) is 0 Å². The first-order valence-corrected chi connectivity index (χ1v) is 27.2. The predicted molar refractivity (Wildman–Crippen MR) is 98.6 cm³/mol. The maximum atomic E-state index is 5.79. The molecule has 20 heavy (non-hydrogen) atoms. The molecule has 1 heterocycles. The zero-order valence-corrected chi connectivity index (χ0v) is 20.2. The molecule has 0 amide bonds. The summed E-state index contributed by atoms with van der Waals surface area (Å²) in [4.78, 5) is 1.17. The average Bonchev–Trinajstić information content (AvgIpc) is 2.45. The molecule has 1 aliphatic rings. The number of thioether (sulfide) groups is 1. The van der Waals surface area contributed by atoms with Crippen molar-refractivity contribution in [2.45, 2.75) is 19.4 Å². The number of halogens is 6. The summed E-state index contributed by atoms with van der Waals surface area (Å²) in [6, 6.07) is 0. The predicted octanol–water partition coefficient (Wildman–Crippen LogP) is 6.81. The van der Waals surface area contributed by atoms with Crippen LogP contribution in [-0.2, 0) is 13.6 Å². The van der Waals surface area contributed by atoms with E-state index < -0.39 is 17.1 Å². The minimum atomic E-state index is -5.42. The van der Waals surface area contributed by atoms with E-state index in [1.165, 1.54) is 4.91 Å². The molecular formula is C8H16Cl6O3PSSb. The van der Waals surface area contributed by atoms with Crippen LogP contribution in [0.5, 0.6) is 0 Å². The second kappa shape index (κ2) is 6.69. The van der Waals surface area contributed by atoms with Crippen molar-refractivity contribution in [1.82, 2.24) is 0 Å². The zero-order chi connectivity index (χ0) is 16.5. The summed E-state index contributed by atoms with van der Waals surface area (Å²) in [5.74, 6) is 1.98. The van der Waals surface area contributed by atoms with Crippen molar-refractivity contribution in [1.29, 1.82) is 0 Å². The fraction of sp³-hybridized carbons (Fsp3) is 0.750. The molecule has 0 aliphatic carbocycles. The Morgan fingerprint density at radius 2 is 1.45 bits per heavy atom. The van der Waals surface area contributed by atoms with Crippen LogP contribution in [-0.4, -0.2) is 35.2 Å². The third kappa shape index (κ3) is 10.7. The van der Waals surface area contributed by atoms with Gasteiger partial charge in [0.1, 0.15) is 5.60 Å². The van der Waals surface area contributed by atoms with Gasteiger partial charge in [0.15, 0.2) is 5.82 Å². The Morgan fingerprint density at radius 1 is 1.10 bits per heavy atom. The fourth-order valence-electron chi connectivity index (χ4n) is 1.24. The Labute approximate surface area is 144 Å². The van der Waals surface area contributed by atoms with Crippen LogP contribution in [0.2, 0.25) is 0 Å². The van der Waals surface area contributed by atoms with Gasteiger partial charge in [-0.15, -0.1) is 11.8 Å². The average molecular weight is 558 g/mol. The van der Waals surface area contributed by atoms with Crippen LogP contribution >= 0.6 is 72.7 Å². The van der Waals surface area contributed by atoms with E-state index in [4.69, 9.17) is 66.5 Å². The SMILES string of the molecule is CO[P+]1(OC)C=C(SC)C(C)(C)O1.[Cl][Sb-]([Cl])([Cl])([Cl])([Cl])[Cl]. The molecule has 3 nitrogen and oxygen atoms in total. The molecule has 0 unspecified atom stereocenters. The van der Waals surface area contributed by atoms with Crippen molar-refractivity contribution in [2.75, 3.05) is 20.5 Å². The molecule has 0 N–H and O–H groups in total. The van der Waals surface area contributed by atoms with Crippen LogP contribution in [0.4, 0.5) is 0 Å². The maximum absolute atomic E-state index is 5.79. The first-order valence-electron chi connectivity index (χ1n) is 4.99. The zero-order valence-electron chi connectivity index (χ0n) is 11.4. The molecule has 0 radical (unpaired) electrons. The van der Waals surface area contributed by atoms with Gasteiger partial charge in [0, 0.05) is 0 Å². The molecule has 124 valence electrons. The van der Waals surface area contributed by atoms with E-state index in [2.05, 4.69) is 0 Å². The van der Waals surface area contributed by atoms with Crippen molar-refractivity contribution < 1.29 is 13.6 Å². The van der Waals surface area contributed by atoms with Crippen molar-refractivity contribution in [3.8, 4) is 0 Å². The Balaban J connectivity index is 0.000000441. The van der Waals surface area contributed by atoms with E-state index in [9.17, 15) is 0 Å². The summed E-state index contributed by atoms with van der Waals surface area (Å²) in [5.41, 5.74) is -0.279. The van der Waals surface area contributed by atoms with E-state index in [0.717, 1.165) is 0 Å². The Kier molecular flexibility index (Phi) is 7.68. The van der Waals surface area contributed by atoms with Crippen LogP contribution in [0, 0.1) is 0 Å². The van der Waals surface area contributed by atoms with Gasteiger partial charge in [-0.25, -0.2) is 0 Å². The number of rotatable bonds is 3. The fourth-order valence-corrected chi connectivity index (χ4v) is 4.54. The van der Waals surface area contributed by atoms with Crippen LogP contribution in [0.3, 0.4) is 0 Å². The van der Waals surface area contributed by atoms with Gasteiger partial charge in [-0.05, 0) is 20.1 Å². The van der Waals surface area contributed by atoms with Gasteiger partial charge in [0.2, 0.25) is 0 Å². The molecule has 0 saturated carbocycles. The summed E-state index contributed by atoms with van der Waals surface area (Å²) in [7, 11) is 26.0. The van der Waals surface area contributed by atoms with Crippen LogP contribution < -0.4 is 0 Å². The van der Waals surface area contributed by atoms with Crippen LogP contribution in [0.15, 0.2) is 10.7 Å². The topological polar surface area (TPSA) is 27.7 Å². The standard InChI is InChI=1S/C8H16O3PS.6ClH.Sb/c1-8(2)7(13-5)6-12(9-3,10-4)11-8;;;;;;;/h6H,1-5H3;6*1H;/q+1;;;;;;;+5/p-6. The van der Waals surface area contributed by atoms with E-state index in [1.807, 2.05) is 25.9 Å². The minimum absolute atomic E-state index is 0.279. The monoisotopic (exact) mass is 554 g/mol. The summed E-state index contributed by atoms with van der Waals surface area (Å²) < 4.78 is 16.4. The number of hydrogen-bond acceptors (Lipinski definition) is 4. The second-order valence-electron chi connectivity index (χ2n) is 4.16. The molecule has 0 aromatic heterocycles. The van der Waals surface area contributed by atoms with Crippen LogP contribution in [0.1, 0.15) is 13.8 Å². The van der Waals surface area contributed by atoms with Crippen LogP contribution in [0.25, 0.3) is 0 Å². The second-order valence-corrected chi connectivity index (χ2v) is 64.2. The summed E-state index contributed by atoms with van der Waals surface area (Å²) >= 11 is 1.68. The van der Waals surface area contributed by atoms with Crippen molar-refractivity contribution in [3.63, 3.8) is 0 Å². The molecule has 0 saturated heterocycles. The molecule has 0 fully saturated rings. The quantitative estimate of drug-likeness (QED) is 0.281. The van der Waals surface area contributed by atoms with E-state index in [1.54, 1.807) is 26.0 Å². The Hall–Kier alpha value is 2.96. The van der Waals surface area contributed by atoms with E-state index >= 15 is 0 Å².